The standard InChI is InChI=1S/C20H18FN5O2/c21-14-3-1-13(2-4-14)17-18(26-11-12-28-20(26)24-17)16-5-8-22-19(23-16)25-9-6-15(27)7-10-25/h1-5,8,11-12,15,27H,6-7,9-10H2. The molecule has 0 spiro atoms. The fraction of sp³-hybridized carbons (Fsp3) is 0.250. The number of anilines is 1. The van der Waals surface area contributed by atoms with Crippen molar-refractivity contribution >= 4 is 11.8 Å². The Morgan fingerprint density at radius 3 is 2.64 bits per heavy atom. The highest BCUT2D eigenvalue weighted by Crippen LogP contribution is 2.33. The first-order valence-electron chi connectivity index (χ1n) is 9.17. The van der Waals surface area contributed by atoms with E-state index in [1.54, 1.807) is 30.8 Å². The Labute approximate surface area is 160 Å². The zero-order chi connectivity index (χ0) is 19.1. The third-order valence-corrected chi connectivity index (χ3v) is 5.01. The van der Waals surface area contributed by atoms with Gasteiger partial charge in [-0.3, -0.25) is 4.40 Å². The largest absolute Gasteiger partial charge is 0.432 e. The van der Waals surface area contributed by atoms with E-state index in [1.165, 1.54) is 12.1 Å². The lowest BCUT2D eigenvalue weighted by atomic mass is 10.1. The van der Waals surface area contributed by atoms with Gasteiger partial charge in [-0.05, 0) is 43.2 Å². The van der Waals surface area contributed by atoms with Gasteiger partial charge in [0.1, 0.15) is 23.5 Å². The van der Waals surface area contributed by atoms with Gasteiger partial charge in [0.2, 0.25) is 5.95 Å². The van der Waals surface area contributed by atoms with Crippen LogP contribution in [0.3, 0.4) is 0 Å². The zero-order valence-corrected chi connectivity index (χ0v) is 15.0. The Bertz CT molecular complexity index is 1110. The highest BCUT2D eigenvalue weighted by molar-refractivity contribution is 5.79. The second kappa shape index (κ2) is 6.72. The number of aliphatic hydroxyl groups is 1. The molecule has 28 heavy (non-hydrogen) atoms. The molecule has 5 rings (SSSR count). The van der Waals surface area contributed by atoms with Crippen molar-refractivity contribution in [1.82, 2.24) is 19.4 Å². The van der Waals surface area contributed by atoms with Crippen LogP contribution in [-0.2, 0) is 0 Å². The summed E-state index contributed by atoms with van der Waals surface area (Å²) in [5.74, 6) is 0.758. The quantitative estimate of drug-likeness (QED) is 0.589. The number of aromatic nitrogens is 4. The van der Waals surface area contributed by atoms with Crippen molar-refractivity contribution in [2.75, 3.05) is 18.0 Å². The van der Waals surface area contributed by atoms with Gasteiger partial charge >= 0.3 is 5.84 Å². The first-order chi connectivity index (χ1) is 13.7. The molecule has 0 atom stereocenters. The molecule has 1 aliphatic rings. The molecule has 0 amide bonds. The molecule has 7 nitrogen and oxygen atoms in total. The van der Waals surface area contributed by atoms with Crippen molar-refractivity contribution in [2.24, 2.45) is 0 Å². The van der Waals surface area contributed by atoms with Gasteiger partial charge < -0.3 is 14.4 Å². The fourth-order valence-corrected chi connectivity index (χ4v) is 3.54. The molecule has 1 aromatic carbocycles. The number of fused-ring (bicyclic) bond motifs is 1. The van der Waals surface area contributed by atoms with Crippen LogP contribution < -0.4 is 4.90 Å². The van der Waals surface area contributed by atoms with Crippen molar-refractivity contribution in [3.63, 3.8) is 0 Å². The molecular formula is C20H18FN5O2. The van der Waals surface area contributed by atoms with Crippen LogP contribution in [0.2, 0.25) is 0 Å². The predicted molar refractivity (Wildman–Crippen MR) is 101 cm³/mol. The van der Waals surface area contributed by atoms with Gasteiger partial charge in [-0.25, -0.2) is 14.4 Å². The Morgan fingerprint density at radius 1 is 1.07 bits per heavy atom. The van der Waals surface area contributed by atoms with Crippen molar-refractivity contribution in [3.05, 3.63) is 54.8 Å². The highest BCUT2D eigenvalue weighted by Gasteiger charge is 2.22. The van der Waals surface area contributed by atoms with Crippen LogP contribution >= 0.6 is 0 Å². The number of nitrogens with zero attached hydrogens (tertiary/aromatic N) is 5. The summed E-state index contributed by atoms with van der Waals surface area (Å²) < 4.78 is 20.7. The average molecular weight is 379 g/mol. The first-order valence-corrected chi connectivity index (χ1v) is 9.17. The van der Waals surface area contributed by atoms with E-state index >= 15 is 0 Å². The summed E-state index contributed by atoms with van der Waals surface area (Å²) in [6, 6.07) is 8.02. The van der Waals surface area contributed by atoms with Gasteiger partial charge in [0.05, 0.1) is 11.8 Å². The summed E-state index contributed by atoms with van der Waals surface area (Å²) in [7, 11) is 0. The monoisotopic (exact) mass is 379 g/mol. The van der Waals surface area contributed by atoms with Crippen LogP contribution in [0.25, 0.3) is 28.5 Å². The van der Waals surface area contributed by atoms with Crippen LogP contribution in [0, 0.1) is 5.82 Å². The first kappa shape index (κ1) is 16.9. The number of piperidine rings is 1. The number of aliphatic hydroxyl groups excluding tert-OH is 1. The van der Waals surface area contributed by atoms with Crippen molar-refractivity contribution in [3.8, 4) is 22.6 Å². The fourth-order valence-electron chi connectivity index (χ4n) is 3.54. The topological polar surface area (TPSA) is 79.7 Å². The van der Waals surface area contributed by atoms with E-state index in [9.17, 15) is 9.50 Å². The number of hydrogen-bond acceptors (Lipinski definition) is 6. The van der Waals surface area contributed by atoms with E-state index in [4.69, 9.17) is 9.40 Å². The van der Waals surface area contributed by atoms with E-state index in [0.717, 1.165) is 11.3 Å². The predicted octanol–water partition coefficient (Wildman–Crippen LogP) is 3.15. The number of benzene rings is 1. The number of halogens is 1. The maximum absolute atomic E-state index is 13.4. The number of rotatable bonds is 3. The van der Waals surface area contributed by atoms with Gasteiger partial charge in [-0.2, -0.15) is 4.98 Å². The molecule has 1 saturated heterocycles. The lowest BCUT2D eigenvalue weighted by Crippen LogP contribution is -2.36. The van der Waals surface area contributed by atoms with Gasteiger partial charge in [0.25, 0.3) is 0 Å². The summed E-state index contributed by atoms with van der Waals surface area (Å²) in [6.45, 7) is 1.42. The minimum Gasteiger partial charge on any atom is -0.432 e. The maximum Gasteiger partial charge on any atom is 0.306 e. The van der Waals surface area contributed by atoms with Crippen molar-refractivity contribution < 1.29 is 13.9 Å². The molecule has 1 fully saturated rings. The smallest absolute Gasteiger partial charge is 0.306 e. The normalized spacial score (nSPS) is 15.4. The van der Waals surface area contributed by atoms with Gasteiger partial charge in [-0.15, -0.1) is 0 Å². The number of imidazole rings is 1. The minimum absolute atomic E-state index is 0.259. The van der Waals surface area contributed by atoms with Crippen LogP contribution in [0.15, 0.2) is 53.4 Å². The van der Waals surface area contributed by atoms with E-state index in [0.29, 0.717) is 49.1 Å². The second-order valence-corrected chi connectivity index (χ2v) is 6.83. The molecule has 0 radical (unpaired) electrons. The van der Waals surface area contributed by atoms with Gasteiger partial charge in [0.15, 0.2) is 0 Å². The minimum atomic E-state index is -0.301. The molecule has 0 bridgehead atoms. The third-order valence-electron chi connectivity index (χ3n) is 5.01. The average Bonchev–Trinajstić information content (AvgIpc) is 3.30. The Balaban J connectivity index is 1.61. The summed E-state index contributed by atoms with van der Waals surface area (Å²) in [5, 5.41) is 9.74. The van der Waals surface area contributed by atoms with Crippen LogP contribution in [0.4, 0.5) is 10.3 Å². The summed E-state index contributed by atoms with van der Waals surface area (Å²) in [6.07, 6.45) is 6.21. The number of hydrogen-bond donors (Lipinski definition) is 1. The molecule has 0 unspecified atom stereocenters. The van der Waals surface area contributed by atoms with Crippen LogP contribution in [-0.4, -0.2) is 43.7 Å². The van der Waals surface area contributed by atoms with Crippen LogP contribution in [0.5, 0.6) is 0 Å². The van der Waals surface area contributed by atoms with Crippen molar-refractivity contribution in [1.29, 1.82) is 0 Å². The summed E-state index contributed by atoms with van der Waals surface area (Å²) >= 11 is 0. The van der Waals surface area contributed by atoms with E-state index in [1.807, 2.05) is 10.5 Å². The lowest BCUT2D eigenvalue weighted by Gasteiger charge is -2.29. The second-order valence-electron chi connectivity index (χ2n) is 6.83. The highest BCUT2D eigenvalue weighted by atomic mass is 19.1. The Kier molecular flexibility index (Phi) is 4.05. The number of oxazole rings is 1. The SMILES string of the molecule is OC1CCN(c2nccc(-c3c(-c4ccc(F)cc4)nc4occn34)n2)CC1. The molecule has 8 heteroatoms. The van der Waals surface area contributed by atoms with Crippen molar-refractivity contribution in [2.45, 2.75) is 18.9 Å². The van der Waals surface area contributed by atoms with E-state index in [2.05, 4.69) is 14.9 Å². The zero-order valence-electron chi connectivity index (χ0n) is 15.0. The third kappa shape index (κ3) is 2.91. The molecule has 1 N–H and O–H groups in total. The van der Waals surface area contributed by atoms with Gasteiger partial charge in [-0.1, -0.05) is 0 Å². The molecule has 1 aliphatic heterocycles. The molecule has 4 aromatic rings. The van der Waals surface area contributed by atoms with E-state index in [-0.39, 0.29) is 11.9 Å². The molecule has 0 aliphatic carbocycles. The summed E-state index contributed by atoms with van der Waals surface area (Å²) in [5.41, 5.74) is 2.90. The lowest BCUT2D eigenvalue weighted by molar-refractivity contribution is 0.145. The molecule has 0 saturated carbocycles. The van der Waals surface area contributed by atoms with Crippen LogP contribution in [0.1, 0.15) is 12.8 Å². The van der Waals surface area contributed by atoms with E-state index < -0.39 is 0 Å². The molecule has 142 valence electrons. The van der Waals surface area contributed by atoms with Gasteiger partial charge in [0, 0.05) is 31.0 Å². The Morgan fingerprint density at radius 2 is 1.86 bits per heavy atom. The summed E-state index contributed by atoms with van der Waals surface area (Å²) in [4.78, 5) is 15.8. The Hall–Kier alpha value is -3.26. The molecular weight excluding hydrogens is 361 g/mol. The maximum atomic E-state index is 13.4. The molecule has 4 heterocycles. The molecule has 3 aromatic heterocycles.